The maximum atomic E-state index is 12.3. The number of ether oxygens (including phenoxy) is 1. The van der Waals surface area contributed by atoms with E-state index in [9.17, 15) is 14.7 Å². The Bertz CT molecular complexity index is 1060. The van der Waals surface area contributed by atoms with Crippen LogP contribution in [-0.2, 0) is 17.9 Å². The molecule has 164 valence electrons. The van der Waals surface area contributed by atoms with Crippen LogP contribution in [0.5, 0.6) is 5.75 Å². The van der Waals surface area contributed by atoms with Crippen LogP contribution in [0, 0.1) is 5.92 Å². The molecule has 2 bridgehead atoms. The molecule has 0 saturated carbocycles. The third-order valence-corrected chi connectivity index (χ3v) is 7.90. The van der Waals surface area contributed by atoms with Gasteiger partial charge in [0.2, 0.25) is 0 Å². The number of rotatable bonds is 5. The molecule has 2 fully saturated rings. The summed E-state index contributed by atoms with van der Waals surface area (Å²) in [5, 5.41) is 12.5. The van der Waals surface area contributed by atoms with Crippen LogP contribution in [0.2, 0.25) is 0 Å². The average molecular weight is 442 g/mol. The molecule has 31 heavy (non-hydrogen) atoms. The van der Waals surface area contributed by atoms with Crippen molar-refractivity contribution in [3.63, 3.8) is 0 Å². The van der Waals surface area contributed by atoms with Gasteiger partial charge in [-0.15, -0.1) is 11.8 Å². The van der Waals surface area contributed by atoms with Gasteiger partial charge in [-0.1, -0.05) is 12.1 Å². The fourth-order valence-corrected chi connectivity index (χ4v) is 6.48. The average Bonchev–Trinajstić information content (AvgIpc) is 3.25. The van der Waals surface area contributed by atoms with Crippen molar-refractivity contribution >= 4 is 17.7 Å². The summed E-state index contributed by atoms with van der Waals surface area (Å²) in [6.45, 7) is 3.45. The summed E-state index contributed by atoms with van der Waals surface area (Å²) < 4.78 is 7.59. The largest absolute Gasteiger partial charge is 0.496 e. The second-order valence-corrected chi connectivity index (χ2v) is 9.87. The van der Waals surface area contributed by atoms with Gasteiger partial charge in [-0.25, -0.2) is 0 Å². The van der Waals surface area contributed by atoms with E-state index in [1.54, 1.807) is 24.9 Å². The fourth-order valence-electron chi connectivity index (χ4n) is 5.26. The van der Waals surface area contributed by atoms with E-state index in [1.165, 1.54) is 0 Å². The molecule has 0 radical (unpaired) electrons. The number of aliphatic carboxylic acids is 1. The van der Waals surface area contributed by atoms with Crippen molar-refractivity contribution in [2.24, 2.45) is 5.92 Å². The number of hydrogen-bond donors (Lipinski definition) is 2. The molecule has 0 unspecified atom stereocenters. The van der Waals surface area contributed by atoms with Crippen LogP contribution in [0.4, 0.5) is 0 Å². The topological polar surface area (TPSA) is 83.8 Å². The minimum atomic E-state index is -0.803. The number of methoxy groups -OCH3 is 1. The number of fused-ring (bicyclic) bond motifs is 4. The zero-order valence-corrected chi connectivity index (χ0v) is 18.3. The normalized spacial score (nSPS) is 27.6. The number of hydrogen-bond acceptors (Lipinski definition) is 6. The van der Waals surface area contributed by atoms with Crippen molar-refractivity contribution in [3.8, 4) is 5.75 Å². The SMILES string of the molecule is COc1ccc([C@@H]2N[C@H](C(=O)O)CS2)cc1CN1C[C@@H]2C[C@H](C1)c1cccc(=O)n1C2. The van der Waals surface area contributed by atoms with Crippen LogP contribution in [0.1, 0.15) is 34.5 Å². The first-order valence-electron chi connectivity index (χ1n) is 10.7. The molecule has 1 aromatic carbocycles. The zero-order chi connectivity index (χ0) is 21.5. The molecular formula is C23H27N3O4S. The van der Waals surface area contributed by atoms with Crippen molar-refractivity contribution in [1.82, 2.24) is 14.8 Å². The van der Waals surface area contributed by atoms with Gasteiger partial charge in [0.1, 0.15) is 11.8 Å². The zero-order valence-electron chi connectivity index (χ0n) is 17.5. The number of nitrogens with one attached hydrogen (secondary N) is 1. The number of carbonyl (C=O) groups is 1. The number of pyridine rings is 1. The van der Waals surface area contributed by atoms with Crippen molar-refractivity contribution in [2.75, 3.05) is 26.0 Å². The van der Waals surface area contributed by atoms with Gasteiger partial charge in [-0.05, 0) is 36.1 Å². The van der Waals surface area contributed by atoms with Gasteiger partial charge < -0.3 is 14.4 Å². The summed E-state index contributed by atoms with van der Waals surface area (Å²) >= 11 is 1.63. The predicted octanol–water partition coefficient (Wildman–Crippen LogP) is 2.26. The molecule has 8 heteroatoms. The second kappa shape index (κ2) is 8.33. The highest BCUT2D eigenvalue weighted by Gasteiger charge is 2.35. The number of aromatic nitrogens is 1. The summed E-state index contributed by atoms with van der Waals surface area (Å²) in [6, 6.07) is 11.3. The number of benzene rings is 1. The lowest BCUT2D eigenvalue weighted by molar-refractivity contribution is -0.138. The Morgan fingerprint density at radius 2 is 2.13 bits per heavy atom. The van der Waals surface area contributed by atoms with Gasteiger partial charge in [0, 0.05) is 55.2 Å². The monoisotopic (exact) mass is 441 g/mol. The molecule has 4 heterocycles. The first kappa shape index (κ1) is 20.6. The molecule has 2 N–H and O–H groups in total. The Kier molecular flexibility index (Phi) is 5.54. The lowest BCUT2D eigenvalue weighted by Crippen LogP contribution is -2.46. The molecule has 3 aliphatic rings. The van der Waals surface area contributed by atoms with Crippen molar-refractivity contribution in [1.29, 1.82) is 0 Å². The Morgan fingerprint density at radius 3 is 2.90 bits per heavy atom. The van der Waals surface area contributed by atoms with Gasteiger partial charge in [0.15, 0.2) is 0 Å². The molecule has 0 spiro atoms. The molecule has 7 nitrogen and oxygen atoms in total. The van der Waals surface area contributed by atoms with E-state index in [0.29, 0.717) is 17.6 Å². The quantitative estimate of drug-likeness (QED) is 0.736. The maximum absolute atomic E-state index is 12.3. The Hall–Kier alpha value is -2.29. The number of nitrogens with zero attached hydrogens (tertiary/aromatic N) is 2. The molecule has 5 rings (SSSR count). The van der Waals surface area contributed by atoms with E-state index in [2.05, 4.69) is 22.3 Å². The predicted molar refractivity (Wildman–Crippen MR) is 120 cm³/mol. The summed E-state index contributed by atoms with van der Waals surface area (Å²) in [7, 11) is 1.69. The molecule has 0 aliphatic carbocycles. The number of likely N-dealkylation sites (tertiary alicyclic amines) is 1. The maximum Gasteiger partial charge on any atom is 0.321 e. The van der Waals surface area contributed by atoms with Crippen molar-refractivity contribution in [3.05, 3.63) is 63.6 Å². The summed E-state index contributed by atoms with van der Waals surface area (Å²) in [6.07, 6.45) is 1.14. The van der Waals surface area contributed by atoms with E-state index >= 15 is 0 Å². The highest BCUT2D eigenvalue weighted by Crippen LogP contribution is 2.38. The van der Waals surface area contributed by atoms with E-state index < -0.39 is 12.0 Å². The minimum Gasteiger partial charge on any atom is -0.496 e. The Balaban J connectivity index is 1.35. The van der Waals surface area contributed by atoms with E-state index in [4.69, 9.17) is 4.74 Å². The first-order valence-corrected chi connectivity index (χ1v) is 11.8. The van der Waals surface area contributed by atoms with Crippen LogP contribution in [0.3, 0.4) is 0 Å². The van der Waals surface area contributed by atoms with Gasteiger partial charge in [-0.2, -0.15) is 0 Å². The van der Waals surface area contributed by atoms with E-state index in [0.717, 1.165) is 55.2 Å². The lowest BCUT2D eigenvalue weighted by Gasteiger charge is -2.43. The highest BCUT2D eigenvalue weighted by molar-refractivity contribution is 7.99. The number of carboxylic acid groups (broad SMARTS) is 1. The van der Waals surface area contributed by atoms with Crippen LogP contribution >= 0.6 is 11.8 Å². The van der Waals surface area contributed by atoms with Crippen molar-refractivity contribution < 1.29 is 14.6 Å². The van der Waals surface area contributed by atoms with Crippen LogP contribution in [-0.4, -0.2) is 52.5 Å². The number of thioether (sulfide) groups is 1. The molecule has 2 aromatic rings. The minimum absolute atomic E-state index is 0.0229. The van der Waals surface area contributed by atoms with E-state index in [1.807, 2.05) is 22.8 Å². The summed E-state index contributed by atoms with van der Waals surface area (Å²) in [5.41, 5.74) is 3.46. The van der Waals surface area contributed by atoms with Crippen LogP contribution < -0.4 is 15.6 Å². The van der Waals surface area contributed by atoms with Crippen LogP contribution in [0.25, 0.3) is 0 Å². The standard InChI is InChI=1S/C23H27N3O4S/c1-30-20-6-5-15(22-24-18(13-31-22)23(28)29)8-17(20)12-25-9-14-7-16(11-25)19-3-2-4-21(27)26(19)10-14/h2-6,8,14,16,18,22,24H,7,9-13H2,1H3,(H,28,29)/t14-,16+,18-,22+/m0/s1. The molecule has 4 atom stereocenters. The number of piperidine rings is 1. The van der Waals surface area contributed by atoms with Gasteiger partial charge >= 0.3 is 5.97 Å². The first-order chi connectivity index (χ1) is 15.0. The third-order valence-electron chi connectivity index (χ3n) is 6.64. The van der Waals surface area contributed by atoms with Gasteiger partial charge in [0.05, 0.1) is 12.5 Å². The fraction of sp³-hybridized carbons (Fsp3) is 0.478. The molecular weight excluding hydrogens is 414 g/mol. The molecule has 2 saturated heterocycles. The second-order valence-electron chi connectivity index (χ2n) is 8.73. The highest BCUT2D eigenvalue weighted by atomic mass is 32.2. The molecule has 0 amide bonds. The van der Waals surface area contributed by atoms with Crippen molar-refractivity contribution in [2.45, 2.75) is 36.8 Å². The molecule has 3 aliphatic heterocycles. The Morgan fingerprint density at radius 1 is 1.26 bits per heavy atom. The summed E-state index contributed by atoms with van der Waals surface area (Å²) in [5.74, 6) is 1.47. The molecule has 1 aromatic heterocycles. The lowest BCUT2D eigenvalue weighted by atomic mass is 9.83. The smallest absolute Gasteiger partial charge is 0.321 e. The number of carboxylic acids is 1. The van der Waals surface area contributed by atoms with E-state index in [-0.39, 0.29) is 10.9 Å². The summed E-state index contributed by atoms with van der Waals surface area (Å²) in [4.78, 5) is 26.0. The van der Waals surface area contributed by atoms with Gasteiger partial charge in [-0.3, -0.25) is 19.8 Å². The Labute approximate surface area is 185 Å². The van der Waals surface area contributed by atoms with Gasteiger partial charge in [0.25, 0.3) is 5.56 Å². The third kappa shape index (κ3) is 4.00. The van der Waals surface area contributed by atoms with Crippen LogP contribution in [0.15, 0.2) is 41.2 Å².